The average Bonchev–Trinajstić information content (AvgIpc) is 3.07. The van der Waals surface area contributed by atoms with E-state index in [-0.39, 0.29) is 26.3 Å². The van der Waals surface area contributed by atoms with Crippen LogP contribution in [0.4, 0.5) is 24.0 Å². The molecule has 28 heavy (non-hydrogen) atoms. The molecule has 1 aliphatic carbocycles. The van der Waals surface area contributed by atoms with Crippen LogP contribution in [0, 0.1) is 6.92 Å². The third-order valence-electron chi connectivity index (χ3n) is 4.73. The van der Waals surface area contributed by atoms with E-state index in [0.717, 1.165) is 29.9 Å². The minimum atomic E-state index is -4.56. The summed E-state index contributed by atoms with van der Waals surface area (Å²) in [7, 11) is 0. The Bertz CT molecular complexity index is 1070. The number of nitrogens with two attached hydrogens (primary N) is 1. The average molecular weight is 426 g/mol. The van der Waals surface area contributed by atoms with Crippen molar-refractivity contribution in [2.24, 2.45) is 0 Å². The van der Waals surface area contributed by atoms with Gasteiger partial charge in [-0.3, -0.25) is 10.1 Å². The van der Waals surface area contributed by atoms with Crippen LogP contribution in [0.3, 0.4) is 0 Å². The van der Waals surface area contributed by atoms with Crippen molar-refractivity contribution < 1.29 is 18.0 Å². The molecule has 0 bridgehead atoms. The number of amides is 1. The number of rotatable bonds is 2. The van der Waals surface area contributed by atoms with E-state index in [1.807, 2.05) is 0 Å². The number of aromatic nitrogens is 2. The number of hydrogen-bond acceptors (Lipinski definition) is 6. The number of aryl methyl sites for hydroxylation is 2. The molecule has 1 aliphatic rings. The first-order chi connectivity index (χ1) is 13.3. The molecule has 0 aliphatic heterocycles. The van der Waals surface area contributed by atoms with E-state index < -0.39 is 17.6 Å². The summed E-state index contributed by atoms with van der Waals surface area (Å²) in [5.41, 5.74) is 6.61. The molecule has 3 aromatic rings. The van der Waals surface area contributed by atoms with Crippen molar-refractivity contribution in [2.75, 3.05) is 11.1 Å². The number of thiophene rings is 1. The normalized spacial score (nSPS) is 14.7. The van der Waals surface area contributed by atoms with Gasteiger partial charge >= 0.3 is 6.18 Å². The van der Waals surface area contributed by atoms with E-state index >= 15 is 0 Å². The Morgan fingerprint density at radius 3 is 2.64 bits per heavy atom. The molecule has 0 aromatic carbocycles. The second kappa shape index (κ2) is 7.00. The van der Waals surface area contributed by atoms with Crippen molar-refractivity contribution in [3.05, 3.63) is 32.8 Å². The van der Waals surface area contributed by atoms with Crippen molar-refractivity contribution in [3.8, 4) is 0 Å². The molecule has 0 spiro atoms. The Morgan fingerprint density at radius 2 is 1.96 bits per heavy atom. The predicted octanol–water partition coefficient (Wildman–Crippen LogP) is 5.18. The zero-order valence-electron chi connectivity index (χ0n) is 14.9. The van der Waals surface area contributed by atoms with Crippen LogP contribution >= 0.6 is 22.7 Å². The molecule has 0 unspecified atom stereocenters. The Morgan fingerprint density at radius 1 is 1.21 bits per heavy atom. The summed E-state index contributed by atoms with van der Waals surface area (Å²) >= 11 is 2.14. The largest absolute Gasteiger partial charge is 0.417 e. The van der Waals surface area contributed by atoms with Gasteiger partial charge in [0.25, 0.3) is 5.91 Å². The molecule has 0 radical (unpaired) electrons. The number of alkyl halides is 3. The highest BCUT2D eigenvalue weighted by Crippen LogP contribution is 2.45. The van der Waals surface area contributed by atoms with Crippen LogP contribution in [0.5, 0.6) is 0 Å². The first-order valence-electron chi connectivity index (χ1n) is 8.80. The molecule has 0 atom stereocenters. The summed E-state index contributed by atoms with van der Waals surface area (Å²) in [6.45, 7) is 1.78. The quantitative estimate of drug-likeness (QED) is 0.553. The molecule has 3 heterocycles. The molecule has 10 heteroatoms. The van der Waals surface area contributed by atoms with E-state index in [2.05, 4.69) is 15.3 Å². The summed E-state index contributed by atoms with van der Waals surface area (Å²) in [5, 5.41) is 4.60. The van der Waals surface area contributed by atoms with Gasteiger partial charge in [-0.2, -0.15) is 13.2 Å². The molecule has 0 saturated carbocycles. The maximum absolute atomic E-state index is 14.0. The molecule has 5 nitrogen and oxygen atoms in total. The fourth-order valence-electron chi connectivity index (χ4n) is 3.53. The molecule has 148 valence electrons. The smallest absolute Gasteiger partial charge is 0.397 e. The highest BCUT2D eigenvalue weighted by atomic mass is 32.1. The summed E-state index contributed by atoms with van der Waals surface area (Å²) in [5.74, 6) is -0.571. The first kappa shape index (κ1) is 19.1. The van der Waals surface area contributed by atoms with Gasteiger partial charge in [-0.1, -0.05) is 6.42 Å². The van der Waals surface area contributed by atoms with Gasteiger partial charge in [-0.25, -0.2) is 9.97 Å². The number of fused-ring (bicyclic) bond motifs is 2. The second-order valence-electron chi connectivity index (χ2n) is 6.74. The van der Waals surface area contributed by atoms with Gasteiger partial charge in [0.05, 0.1) is 16.9 Å². The zero-order valence-corrected chi connectivity index (χ0v) is 16.6. The lowest BCUT2D eigenvalue weighted by Crippen LogP contribution is -2.14. The zero-order chi connectivity index (χ0) is 20.1. The van der Waals surface area contributed by atoms with Gasteiger partial charge < -0.3 is 5.73 Å². The van der Waals surface area contributed by atoms with Crippen LogP contribution in [0.25, 0.3) is 10.2 Å². The number of hydrogen-bond donors (Lipinski definition) is 2. The SMILES string of the molecule is Cc1csc(NC(=O)c2sc3nc4c(c(C(F)(F)F)c3c2N)CCCCC4)n1. The van der Waals surface area contributed by atoms with Crippen molar-refractivity contribution in [2.45, 2.75) is 45.2 Å². The highest BCUT2D eigenvalue weighted by Gasteiger charge is 2.39. The standard InChI is InChI=1S/C18H17F3N4OS2/c1-8-7-27-17(23-8)25-15(26)14-13(22)11-12(18(19,20)21)9-5-3-2-4-6-10(9)24-16(11)28-14/h7H,2-6,22H2,1H3,(H,23,25,26). The highest BCUT2D eigenvalue weighted by molar-refractivity contribution is 7.21. The van der Waals surface area contributed by atoms with Crippen LogP contribution in [-0.4, -0.2) is 15.9 Å². The third-order valence-corrected chi connectivity index (χ3v) is 6.71. The Balaban J connectivity index is 1.87. The van der Waals surface area contributed by atoms with Gasteiger partial charge in [0, 0.05) is 16.5 Å². The maximum Gasteiger partial charge on any atom is 0.417 e. The fraction of sp³-hybridized carbons (Fsp3) is 0.389. The number of nitrogen functional groups attached to an aromatic ring is 1. The maximum atomic E-state index is 14.0. The summed E-state index contributed by atoms with van der Waals surface area (Å²) in [6, 6.07) is 0. The van der Waals surface area contributed by atoms with E-state index in [1.54, 1.807) is 12.3 Å². The van der Waals surface area contributed by atoms with Crippen LogP contribution in [-0.2, 0) is 19.0 Å². The van der Waals surface area contributed by atoms with Crippen LogP contribution in [0.1, 0.15) is 51.4 Å². The lowest BCUT2D eigenvalue weighted by atomic mass is 9.98. The number of carbonyl (C=O) groups excluding carboxylic acids is 1. The Hall–Kier alpha value is -2.20. The molecule has 0 saturated heterocycles. The van der Waals surface area contributed by atoms with E-state index in [4.69, 9.17) is 5.73 Å². The van der Waals surface area contributed by atoms with Crippen molar-refractivity contribution in [1.82, 2.24) is 9.97 Å². The summed E-state index contributed by atoms with van der Waals surface area (Å²) in [4.78, 5) is 21.4. The van der Waals surface area contributed by atoms with Gasteiger partial charge in [0.15, 0.2) is 5.13 Å². The van der Waals surface area contributed by atoms with Gasteiger partial charge in [-0.15, -0.1) is 22.7 Å². The monoisotopic (exact) mass is 426 g/mol. The van der Waals surface area contributed by atoms with Gasteiger partial charge in [0.1, 0.15) is 9.71 Å². The number of nitrogens with zero attached hydrogens (tertiary/aromatic N) is 2. The topological polar surface area (TPSA) is 80.9 Å². The molecular weight excluding hydrogens is 409 g/mol. The second-order valence-corrected chi connectivity index (χ2v) is 8.60. The number of carbonyl (C=O) groups is 1. The van der Waals surface area contributed by atoms with Crippen LogP contribution < -0.4 is 11.1 Å². The predicted molar refractivity (Wildman–Crippen MR) is 105 cm³/mol. The fourth-order valence-corrected chi connectivity index (χ4v) is 5.23. The Labute approximate surface area is 166 Å². The molecule has 3 aromatic heterocycles. The molecule has 3 N–H and O–H groups in total. The number of nitrogens with one attached hydrogen (secondary N) is 1. The van der Waals surface area contributed by atoms with Gasteiger partial charge in [0.2, 0.25) is 0 Å². The lowest BCUT2D eigenvalue weighted by molar-refractivity contribution is -0.136. The minimum absolute atomic E-state index is 0.0287. The van der Waals surface area contributed by atoms with E-state index in [1.165, 1.54) is 11.3 Å². The van der Waals surface area contributed by atoms with Gasteiger partial charge in [-0.05, 0) is 38.2 Å². The van der Waals surface area contributed by atoms with E-state index in [0.29, 0.717) is 30.1 Å². The molecule has 4 rings (SSSR count). The van der Waals surface area contributed by atoms with Crippen LogP contribution in [0.2, 0.25) is 0 Å². The van der Waals surface area contributed by atoms with Crippen molar-refractivity contribution >= 4 is 49.6 Å². The number of pyridine rings is 1. The molecular formula is C18H17F3N4OS2. The third kappa shape index (κ3) is 3.35. The summed E-state index contributed by atoms with van der Waals surface area (Å²) < 4.78 is 42.0. The number of thiazole rings is 1. The lowest BCUT2D eigenvalue weighted by Gasteiger charge is -2.16. The van der Waals surface area contributed by atoms with Crippen molar-refractivity contribution in [3.63, 3.8) is 0 Å². The van der Waals surface area contributed by atoms with Crippen LogP contribution in [0.15, 0.2) is 5.38 Å². The first-order valence-corrected chi connectivity index (χ1v) is 10.5. The van der Waals surface area contributed by atoms with E-state index in [9.17, 15) is 18.0 Å². The minimum Gasteiger partial charge on any atom is -0.397 e. The van der Waals surface area contributed by atoms with Crippen molar-refractivity contribution in [1.29, 1.82) is 0 Å². The number of halogens is 3. The molecule has 0 fully saturated rings. The summed E-state index contributed by atoms with van der Waals surface area (Å²) in [6.07, 6.45) is -1.37. The number of anilines is 2. The Kier molecular flexibility index (Phi) is 4.78. The molecule has 1 amide bonds.